The lowest BCUT2D eigenvalue weighted by Crippen LogP contribution is -2.67. The van der Waals surface area contributed by atoms with Crippen LogP contribution in [0, 0.1) is 10.8 Å². The zero-order valence-corrected chi connectivity index (χ0v) is 6.59. The molecule has 0 heterocycles. The van der Waals surface area contributed by atoms with Gasteiger partial charge in [-0.2, -0.15) is 0 Å². The first-order valence-corrected chi connectivity index (χ1v) is 3.86. The maximum atomic E-state index is 11.1. The summed E-state index contributed by atoms with van der Waals surface area (Å²) in [6, 6.07) is 0. The third-order valence-electron chi connectivity index (χ3n) is 3.09. The Morgan fingerprint density at radius 2 is 2.09 bits per heavy atom. The van der Waals surface area contributed by atoms with E-state index in [0.717, 1.165) is 19.3 Å². The minimum Gasteiger partial charge on any atom is -0.469 e. The van der Waals surface area contributed by atoms with Crippen LogP contribution in [0.4, 0.5) is 0 Å². The maximum Gasteiger partial charge on any atom is 0.311 e. The molecule has 3 aliphatic carbocycles. The van der Waals surface area contributed by atoms with Crippen molar-refractivity contribution in [2.75, 3.05) is 13.7 Å². The summed E-state index contributed by atoms with van der Waals surface area (Å²) in [5, 5.41) is 8.90. The van der Waals surface area contributed by atoms with Gasteiger partial charge in [0.15, 0.2) is 0 Å². The number of hydrogen-bond donors (Lipinski definition) is 1. The zero-order chi connectivity index (χ0) is 8.11. The highest BCUT2D eigenvalue weighted by atomic mass is 16.5. The molecule has 0 atom stereocenters. The smallest absolute Gasteiger partial charge is 0.311 e. The Labute approximate surface area is 65.4 Å². The van der Waals surface area contributed by atoms with E-state index in [4.69, 9.17) is 5.11 Å². The first-order valence-electron chi connectivity index (χ1n) is 3.86. The van der Waals surface area contributed by atoms with Crippen LogP contribution in [0.25, 0.3) is 0 Å². The van der Waals surface area contributed by atoms with Gasteiger partial charge in [0.2, 0.25) is 0 Å². The number of carbonyl (C=O) groups excluding carboxylic acids is 1. The standard InChI is InChI=1S/C8H12O3/c1-11-6(10)8-2-7(3-8,4-8)5-9/h9H,2-5H2,1H3. The van der Waals surface area contributed by atoms with Crippen molar-refractivity contribution in [1.29, 1.82) is 0 Å². The maximum absolute atomic E-state index is 11.1. The zero-order valence-electron chi connectivity index (χ0n) is 6.59. The normalized spacial score (nSPS) is 45.6. The molecule has 3 nitrogen and oxygen atoms in total. The molecule has 0 radical (unpaired) electrons. The van der Waals surface area contributed by atoms with Crippen LogP contribution in [0.3, 0.4) is 0 Å². The number of esters is 1. The van der Waals surface area contributed by atoms with Crippen molar-refractivity contribution in [1.82, 2.24) is 0 Å². The quantitative estimate of drug-likeness (QED) is 0.586. The molecule has 2 bridgehead atoms. The van der Waals surface area contributed by atoms with E-state index in [1.54, 1.807) is 0 Å². The van der Waals surface area contributed by atoms with Gasteiger partial charge in [-0.1, -0.05) is 0 Å². The highest BCUT2D eigenvalue weighted by Gasteiger charge is 2.71. The summed E-state index contributed by atoms with van der Waals surface area (Å²) in [5.74, 6) is -0.0900. The van der Waals surface area contributed by atoms with Crippen molar-refractivity contribution in [2.45, 2.75) is 19.3 Å². The molecule has 11 heavy (non-hydrogen) atoms. The predicted octanol–water partition coefficient (Wildman–Crippen LogP) is 0.322. The van der Waals surface area contributed by atoms with Gasteiger partial charge in [-0.15, -0.1) is 0 Å². The fraction of sp³-hybridized carbons (Fsp3) is 0.875. The fourth-order valence-corrected chi connectivity index (χ4v) is 2.60. The van der Waals surface area contributed by atoms with Crippen LogP contribution in [0.2, 0.25) is 0 Å². The van der Waals surface area contributed by atoms with Gasteiger partial charge in [0.05, 0.1) is 12.5 Å². The van der Waals surface area contributed by atoms with E-state index in [1.807, 2.05) is 0 Å². The van der Waals surface area contributed by atoms with Gasteiger partial charge in [0, 0.05) is 6.61 Å². The third kappa shape index (κ3) is 0.644. The van der Waals surface area contributed by atoms with Crippen LogP contribution in [-0.2, 0) is 9.53 Å². The second-order valence-electron chi connectivity index (χ2n) is 3.96. The summed E-state index contributed by atoms with van der Waals surface area (Å²) >= 11 is 0. The molecule has 3 saturated carbocycles. The number of aliphatic hydroxyl groups is 1. The summed E-state index contributed by atoms with van der Waals surface area (Å²) in [7, 11) is 1.42. The van der Waals surface area contributed by atoms with Gasteiger partial charge in [0.25, 0.3) is 0 Å². The molecule has 0 unspecified atom stereocenters. The number of rotatable bonds is 2. The average molecular weight is 156 g/mol. The molecular weight excluding hydrogens is 144 g/mol. The number of ether oxygens (including phenoxy) is 1. The Balaban J connectivity index is 1.99. The van der Waals surface area contributed by atoms with Gasteiger partial charge in [-0.05, 0) is 24.7 Å². The molecule has 0 aromatic heterocycles. The Kier molecular flexibility index (Phi) is 1.15. The molecule has 3 fully saturated rings. The SMILES string of the molecule is COC(=O)C12CC(CO)(C1)C2. The van der Waals surface area contributed by atoms with Crippen LogP contribution in [0.1, 0.15) is 19.3 Å². The van der Waals surface area contributed by atoms with Crippen molar-refractivity contribution in [3.8, 4) is 0 Å². The Morgan fingerprint density at radius 3 is 2.45 bits per heavy atom. The molecule has 3 heteroatoms. The monoisotopic (exact) mass is 156 g/mol. The van der Waals surface area contributed by atoms with Crippen molar-refractivity contribution in [3.05, 3.63) is 0 Å². The number of aliphatic hydroxyl groups excluding tert-OH is 1. The minimum absolute atomic E-state index is 0.0900. The lowest BCUT2D eigenvalue weighted by molar-refractivity contribution is -0.236. The fourth-order valence-electron chi connectivity index (χ4n) is 2.60. The number of carbonyl (C=O) groups is 1. The number of hydrogen-bond acceptors (Lipinski definition) is 3. The first-order chi connectivity index (χ1) is 5.16. The highest BCUT2D eigenvalue weighted by Crippen LogP contribution is 2.73. The van der Waals surface area contributed by atoms with Crippen LogP contribution in [-0.4, -0.2) is 24.8 Å². The van der Waals surface area contributed by atoms with Crippen molar-refractivity contribution >= 4 is 5.97 Å². The van der Waals surface area contributed by atoms with Gasteiger partial charge < -0.3 is 9.84 Å². The van der Waals surface area contributed by atoms with Crippen LogP contribution < -0.4 is 0 Å². The molecule has 0 amide bonds. The van der Waals surface area contributed by atoms with Crippen molar-refractivity contribution in [3.63, 3.8) is 0 Å². The Hall–Kier alpha value is -0.570. The molecule has 3 rings (SSSR count). The summed E-state index contributed by atoms with van der Waals surface area (Å²) in [5.41, 5.74) is -0.0777. The van der Waals surface area contributed by atoms with E-state index in [9.17, 15) is 4.79 Å². The van der Waals surface area contributed by atoms with Crippen molar-refractivity contribution in [2.24, 2.45) is 10.8 Å². The molecular formula is C8H12O3. The molecule has 1 N–H and O–H groups in total. The molecule has 0 saturated heterocycles. The molecule has 0 aliphatic heterocycles. The van der Waals surface area contributed by atoms with Crippen molar-refractivity contribution < 1.29 is 14.6 Å². The largest absolute Gasteiger partial charge is 0.469 e. The average Bonchev–Trinajstić information content (AvgIpc) is 1.83. The van der Waals surface area contributed by atoms with Gasteiger partial charge >= 0.3 is 5.97 Å². The minimum atomic E-state index is -0.183. The van der Waals surface area contributed by atoms with Gasteiger partial charge in [-0.25, -0.2) is 0 Å². The molecule has 62 valence electrons. The van der Waals surface area contributed by atoms with E-state index < -0.39 is 0 Å². The summed E-state index contributed by atoms with van der Waals surface area (Å²) in [6.45, 7) is 0.228. The molecule has 0 aromatic carbocycles. The van der Waals surface area contributed by atoms with Gasteiger partial charge in [0.1, 0.15) is 0 Å². The topological polar surface area (TPSA) is 46.5 Å². The first kappa shape index (κ1) is 7.10. The Bertz CT molecular complexity index is 190. The lowest BCUT2D eigenvalue weighted by Gasteiger charge is -2.67. The summed E-state index contributed by atoms with van der Waals surface area (Å²) in [6.07, 6.45) is 2.51. The van der Waals surface area contributed by atoms with Gasteiger partial charge in [-0.3, -0.25) is 4.79 Å². The molecule has 0 aromatic rings. The van der Waals surface area contributed by atoms with E-state index in [0.29, 0.717) is 0 Å². The summed E-state index contributed by atoms with van der Waals surface area (Å²) < 4.78 is 4.66. The number of methoxy groups -OCH3 is 1. The molecule has 0 spiro atoms. The molecule has 3 aliphatic rings. The second kappa shape index (κ2) is 1.78. The van der Waals surface area contributed by atoms with Crippen LogP contribution >= 0.6 is 0 Å². The van der Waals surface area contributed by atoms with E-state index in [1.165, 1.54) is 7.11 Å². The van der Waals surface area contributed by atoms with E-state index in [-0.39, 0.29) is 23.4 Å². The summed E-state index contributed by atoms with van der Waals surface area (Å²) in [4.78, 5) is 11.1. The van der Waals surface area contributed by atoms with Crippen LogP contribution in [0.5, 0.6) is 0 Å². The second-order valence-corrected chi connectivity index (χ2v) is 3.96. The predicted molar refractivity (Wildman–Crippen MR) is 37.8 cm³/mol. The van der Waals surface area contributed by atoms with E-state index >= 15 is 0 Å². The lowest BCUT2D eigenvalue weighted by atomic mass is 9.35. The Morgan fingerprint density at radius 1 is 1.55 bits per heavy atom. The van der Waals surface area contributed by atoms with E-state index in [2.05, 4.69) is 4.74 Å². The third-order valence-corrected chi connectivity index (χ3v) is 3.09. The highest BCUT2D eigenvalue weighted by molar-refractivity contribution is 5.81. The van der Waals surface area contributed by atoms with Crippen LogP contribution in [0.15, 0.2) is 0 Å².